The monoisotopic (exact) mass is 1220 g/mol. The first-order valence-corrected chi connectivity index (χ1v) is 23.2. The van der Waals surface area contributed by atoms with E-state index in [9.17, 15) is 140 Å². The van der Waals surface area contributed by atoms with Crippen LogP contribution >= 0.6 is 0 Å². The molecule has 470 valence electrons. The van der Waals surface area contributed by atoms with Gasteiger partial charge < -0.3 is 39.7 Å². The average molecular weight is 1220 g/mol. The summed E-state index contributed by atoms with van der Waals surface area (Å²) in [6, 6.07) is 0. The molecule has 0 saturated heterocycles. The van der Waals surface area contributed by atoms with E-state index in [2.05, 4.69) is 0 Å². The SMILES string of the molecule is CCC(C)(C)C(=O)OC1CC(C(O)(C(F)(F)F)C(F)(F)F)CC(C(O)(C(F)(F)F)C(F)(F)F)C1.CCC(C)(C)C(=O)OC1CC(C(O)(C(F)(F)F)C(F)(F)F)CC(C(O)(C(F)(F)F)C(F)(F)F)C1.CCC(C)(C)C(=O)OCCO. The van der Waals surface area contributed by atoms with Crippen LogP contribution in [0.1, 0.15) is 120 Å². The summed E-state index contributed by atoms with van der Waals surface area (Å²) in [7, 11) is 0. The van der Waals surface area contributed by atoms with E-state index in [1.165, 1.54) is 41.5 Å². The average Bonchev–Trinajstić information content (AvgIpc) is 3.26. The smallest absolute Gasteiger partial charge is 0.426 e. The van der Waals surface area contributed by atoms with Crippen molar-refractivity contribution >= 4 is 17.9 Å². The molecule has 2 fully saturated rings. The second-order valence-corrected chi connectivity index (χ2v) is 20.9. The van der Waals surface area contributed by atoms with E-state index in [1.807, 2.05) is 20.8 Å². The van der Waals surface area contributed by atoms with E-state index in [4.69, 9.17) is 19.3 Å². The van der Waals surface area contributed by atoms with E-state index in [-0.39, 0.29) is 32.0 Å². The number of carbonyl (C=O) groups excluding carboxylic acids is 3. The van der Waals surface area contributed by atoms with Crippen LogP contribution in [0.5, 0.6) is 0 Å². The number of carbonyl (C=O) groups is 3. The van der Waals surface area contributed by atoms with Crippen LogP contribution in [-0.4, -0.2) is 141 Å². The minimum atomic E-state index is -6.58. The minimum absolute atomic E-state index is 0.0184. The molecule has 2 saturated carbocycles. The Morgan fingerprint density at radius 3 is 0.684 bits per heavy atom. The van der Waals surface area contributed by atoms with Crippen molar-refractivity contribution in [3.8, 4) is 0 Å². The van der Waals surface area contributed by atoms with Crippen molar-refractivity contribution in [1.82, 2.24) is 0 Å². The maximum Gasteiger partial charge on any atom is 0.426 e. The number of aliphatic hydroxyl groups excluding tert-OH is 1. The first-order valence-electron chi connectivity index (χ1n) is 23.2. The van der Waals surface area contributed by atoms with Crippen LogP contribution in [0, 0.1) is 39.9 Å². The highest BCUT2D eigenvalue weighted by atomic mass is 19.4. The number of alkyl halides is 24. The zero-order chi connectivity index (χ0) is 63.6. The topological polar surface area (TPSA) is 180 Å². The summed E-state index contributed by atoms with van der Waals surface area (Å²) in [4.78, 5) is 35.6. The standard InChI is InChI=1S/2C18H22F12O4.C8H16O3/c2*1-4-12(2,3)11(31)34-10-6-8(13(32,15(19,20)21)16(22,23)24)5-9(7-10)14(33,17(25,26)27)18(28,29)30;1-4-8(2,3)7(10)11-6-5-9/h2*8-10,32-33H,4-7H2,1-3H3;9H,4-6H2,1-3H3. The quantitative estimate of drug-likeness (QED) is 0.0635. The Hall–Kier alpha value is -3.47. The number of hydrogen-bond donors (Lipinski definition) is 5. The van der Waals surface area contributed by atoms with Crippen LogP contribution in [0.15, 0.2) is 0 Å². The van der Waals surface area contributed by atoms with Crippen LogP contribution in [0.2, 0.25) is 0 Å². The van der Waals surface area contributed by atoms with Gasteiger partial charge in [0.25, 0.3) is 22.4 Å². The van der Waals surface area contributed by atoms with Gasteiger partial charge in [-0.2, -0.15) is 105 Å². The summed E-state index contributed by atoms with van der Waals surface area (Å²) < 4.78 is 334. The molecule has 0 aromatic rings. The van der Waals surface area contributed by atoms with Crippen molar-refractivity contribution in [2.75, 3.05) is 13.2 Å². The van der Waals surface area contributed by atoms with Crippen LogP contribution in [0.25, 0.3) is 0 Å². The van der Waals surface area contributed by atoms with Gasteiger partial charge in [0.1, 0.15) is 18.8 Å². The van der Waals surface area contributed by atoms with Crippen LogP contribution in [-0.2, 0) is 28.6 Å². The first kappa shape index (κ1) is 75.5. The number of aliphatic hydroxyl groups is 5. The molecule has 0 spiro atoms. The largest absolute Gasteiger partial charge is 0.463 e. The molecule has 4 atom stereocenters. The van der Waals surface area contributed by atoms with Gasteiger partial charge >= 0.3 is 67.3 Å². The fraction of sp³-hybridized carbons (Fsp3) is 0.932. The molecule has 2 aliphatic carbocycles. The Kier molecular flexibility index (Phi) is 23.7. The molecule has 0 amide bonds. The number of esters is 3. The molecule has 0 radical (unpaired) electrons. The van der Waals surface area contributed by atoms with Gasteiger partial charge in [-0.25, -0.2) is 0 Å². The predicted molar refractivity (Wildman–Crippen MR) is 220 cm³/mol. The summed E-state index contributed by atoms with van der Waals surface area (Å²) in [5, 5.41) is 46.9. The van der Waals surface area contributed by atoms with Gasteiger partial charge in [-0.1, -0.05) is 20.8 Å². The molecule has 79 heavy (non-hydrogen) atoms. The summed E-state index contributed by atoms with van der Waals surface area (Å²) in [6.07, 6.45) is -67.2. The van der Waals surface area contributed by atoms with Crippen LogP contribution in [0.3, 0.4) is 0 Å². The van der Waals surface area contributed by atoms with Gasteiger partial charge in [-0.15, -0.1) is 0 Å². The van der Waals surface area contributed by atoms with Gasteiger partial charge in [0, 0.05) is 23.7 Å². The lowest BCUT2D eigenvalue weighted by molar-refractivity contribution is -0.406. The van der Waals surface area contributed by atoms with Gasteiger partial charge in [0.05, 0.1) is 22.9 Å². The molecular formula is C44H60F24O11. The third kappa shape index (κ3) is 16.2. The molecule has 0 bridgehead atoms. The van der Waals surface area contributed by atoms with Crippen molar-refractivity contribution in [1.29, 1.82) is 0 Å². The van der Waals surface area contributed by atoms with E-state index < -0.39 is 174 Å². The van der Waals surface area contributed by atoms with Crippen molar-refractivity contribution in [3.05, 3.63) is 0 Å². The Morgan fingerprint density at radius 1 is 0.354 bits per heavy atom. The van der Waals surface area contributed by atoms with Crippen LogP contribution < -0.4 is 0 Å². The van der Waals surface area contributed by atoms with Gasteiger partial charge in [-0.05, 0) is 99.3 Å². The van der Waals surface area contributed by atoms with Gasteiger partial charge in [0.2, 0.25) is 0 Å². The normalized spacial score (nSPS) is 22.4. The Labute approximate surface area is 434 Å². The maximum atomic E-state index is 13.3. The van der Waals surface area contributed by atoms with E-state index in [0.29, 0.717) is 0 Å². The molecule has 4 unspecified atom stereocenters. The summed E-state index contributed by atoms with van der Waals surface area (Å²) >= 11 is 0. The van der Waals surface area contributed by atoms with E-state index in [1.54, 1.807) is 0 Å². The Morgan fingerprint density at radius 2 is 0.532 bits per heavy atom. The lowest BCUT2D eigenvalue weighted by Gasteiger charge is -2.48. The highest BCUT2D eigenvalue weighted by Gasteiger charge is 2.80. The third-order valence-corrected chi connectivity index (χ3v) is 14.3. The van der Waals surface area contributed by atoms with Gasteiger partial charge in [-0.3, -0.25) is 14.4 Å². The molecule has 5 N–H and O–H groups in total. The Bertz CT molecular complexity index is 1730. The van der Waals surface area contributed by atoms with Gasteiger partial charge in [0.15, 0.2) is 0 Å². The molecule has 2 aliphatic rings. The zero-order valence-corrected chi connectivity index (χ0v) is 43.0. The first-order chi connectivity index (χ1) is 34.6. The van der Waals surface area contributed by atoms with Crippen molar-refractivity contribution < 1.29 is 159 Å². The molecule has 35 heteroatoms. The fourth-order valence-electron chi connectivity index (χ4n) is 7.97. The highest BCUT2D eigenvalue weighted by Crippen LogP contribution is 2.60. The van der Waals surface area contributed by atoms with E-state index in [0.717, 1.165) is 6.42 Å². The number of halogens is 24. The molecule has 0 aromatic carbocycles. The second kappa shape index (κ2) is 24.8. The summed E-state index contributed by atoms with van der Waals surface area (Å²) in [5.74, 6) is -16.4. The van der Waals surface area contributed by atoms with E-state index >= 15 is 0 Å². The summed E-state index contributed by atoms with van der Waals surface area (Å²) in [6.45, 7) is 13.2. The fourth-order valence-corrected chi connectivity index (χ4v) is 7.97. The lowest BCUT2D eigenvalue weighted by Crippen LogP contribution is -2.67. The van der Waals surface area contributed by atoms with Crippen molar-refractivity contribution in [2.24, 2.45) is 39.9 Å². The van der Waals surface area contributed by atoms with Crippen molar-refractivity contribution in [2.45, 2.75) is 204 Å². The van der Waals surface area contributed by atoms with Crippen molar-refractivity contribution in [3.63, 3.8) is 0 Å². The highest BCUT2D eigenvalue weighted by molar-refractivity contribution is 5.76. The molecule has 0 aliphatic heterocycles. The second-order valence-electron chi connectivity index (χ2n) is 20.9. The minimum Gasteiger partial charge on any atom is -0.463 e. The molecule has 0 heterocycles. The third-order valence-electron chi connectivity index (χ3n) is 14.3. The summed E-state index contributed by atoms with van der Waals surface area (Å²) in [5.41, 5.74) is -26.3. The maximum absolute atomic E-state index is 13.3. The number of ether oxygens (including phenoxy) is 3. The number of rotatable bonds is 14. The molecule has 11 nitrogen and oxygen atoms in total. The molecule has 0 aromatic heterocycles. The predicted octanol–water partition coefficient (Wildman–Crippen LogP) is 11.9. The van der Waals surface area contributed by atoms with Crippen LogP contribution in [0.4, 0.5) is 105 Å². The Balaban J connectivity index is 0.00000129. The molecule has 2 rings (SSSR count). The zero-order valence-electron chi connectivity index (χ0n) is 43.0. The lowest BCUT2D eigenvalue weighted by atomic mass is 9.65. The number of hydrogen-bond acceptors (Lipinski definition) is 11. The molecular weight excluding hydrogens is 1160 g/mol.